The number of thiophene rings is 1. The maximum absolute atomic E-state index is 12.3. The van der Waals surface area contributed by atoms with Crippen molar-refractivity contribution in [2.24, 2.45) is 0 Å². The molecule has 2 atom stereocenters. The SMILES string of the molecule is Cc1cc2c(SCC(=O)N3CC[C@](C)(O)[C@@H](O)C3)ncnc2s1. The first-order valence-corrected chi connectivity index (χ1v) is 9.19. The molecule has 1 saturated heterocycles. The first-order valence-electron chi connectivity index (χ1n) is 7.39. The Hall–Kier alpha value is -1.22. The Kier molecular flexibility index (Phi) is 4.59. The fourth-order valence-corrected chi connectivity index (χ4v) is 4.33. The third kappa shape index (κ3) is 3.50. The summed E-state index contributed by atoms with van der Waals surface area (Å²) < 4.78 is 0. The van der Waals surface area contributed by atoms with Crippen LogP contribution in [0.1, 0.15) is 18.2 Å². The van der Waals surface area contributed by atoms with Gasteiger partial charge in [0.25, 0.3) is 0 Å². The lowest BCUT2D eigenvalue weighted by Crippen LogP contribution is -2.55. The van der Waals surface area contributed by atoms with Crippen LogP contribution in [0.5, 0.6) is 0 Å². The number of thioether (sulfide) groups is 1. The van der Waals surface area contributed by atoms with Gasteiger partial charge in [-0.1, -0.05) is 11.8 Å². The van der Waals surface area contributed by atoms with E-state index in [4.69, 9.17) is 0 Å². The van der Waals surface area contributed by atoms with Crippen molar-refractivity contribution >= 4 is 39.2 Å². The number of nitrogens with zero attached hydrogens (tertiary/aromatic N) is 3. The number of likely N-dealkylation sites (tertiary alicyclic amines) is 1. The van der Waals surface area contributed by atoms with Gasteiger partial charge in [0.05, 0.1) is 17.5 Å². The molecule has 1 aliphatic rings. The van der Waals surface area contributed by atoms with Crippen LogP contribution in [0.25, 0.3) is 10.2 Å². The summed E-state index contributed by atoms with van der Waals surface area (Å²) in [6.45, 7) is 4.25. The first kappa shape index (κ1) is 16.6. The zero-order valence-electron chi connectivity index (χ0n) is 13.0. The zero-order chi connectivity index (χ0) is 16.6. The second-order valence-electron chi connectivity index (χ2n) is 6.01. The van der Waals surface area contributed by atoms with Gasteiger partial charge in [0.2, 0.25) is 5.91 Å². The highest BCUT2D eigenvalue weighted by molar-refractivity contribution is 8.00. The lowest BCUT2D eigenvalue weighted by molar-refractivity contribution is -0.143. The number of aryl methyl sites for hydroxylation is 1. The lowest BCUT2D eigenvalue weighted by Gasteiger charge is -2.39. The van der Waals surface area contributed by atoms with Crippen LogP contribution < -0.4 is 0 Å². The van der Waals surface area contributed by atoms with E-state index < -0.39 is 11.7 Å². The summed E-state index contributed by atoms with van der Waals surface area (Å²) in [6.07, 6.45) is 0.995. The Morgan fingerprint density at radius 1 is 1.57 bits per heavy atom. The molecule has 8 heteroatoms. The number of rotatable bonds is 3. The molecule has 2 N–H and O–H groups in total. The molecule has 0 unspecified atom stereocenters. The molecule has 124 valence electrons. The number of piperidine rings is 1. The lowest BCUT2D eigenvalue weighted by atomic mass is 9.91. The van der Waals surface area contributed by atoms with Gasteiger partial charge >= 0.3 is 0 Å². The maximum atomic E-state index is 12.3. The van der Waals surface area contributed by atoms with Gasteiger partial charge in [0, 0.05) is 23.4 Å². The second kappa shape index (κ2) is 6.35. The predicted molar refractivity (Wildman–Crippen MR) is 90.7 cm³/mol. The number of carbonyl (C=O) groups excluding carboxylic acids is 1. The van der Waals surface area contributed by atoms with Gasteiger partial charge in [0.1, 0.15) is 16.2 Å². The molecule has 1 amide bonds. The summed E-state index contributed by atoms with van der Waals surface area (Å²) in [7, 11) is 0. The summed E-state index contributed by atoms with van der Waals surface area (Å²) in [6, 6.07) is 2.04. The van der Waals surface area contributed by atoms with Crippen molar-refractivity contribution in [3.05, 3.63) is 17.3 Å². The summed E-state index contributed by atoms with van der Waals surface area (Å²) >= 11 is 2.99. The average molecular weight is 353 g/mol. The molecular weight excluding hydrogens is 334 g/mol. The van der Waals surface area contributed by atoms with E-state index in [1.807, 2.05) is 13.0 Å². The molecule has 0 aromatic carbocycles. The molecule has 23 heavy (non-hydrogen) atoms. The van der Waals surface area contributed by atoms with Crippen molar-refractivity contribution in [2.75, 3.05) is 18.8 Å². The van der Waals surface area contributed by atoms with Crippen LogP contribution in [-0.2, 0) is 4.79 Å². The zero-order valence-corrected chi connectivity index (χ0v) is 14.7. The molecule has 1 fully saturated rings. The van der Waals surface area contributed by atoms with Crippen LogP contribution in [0.2, 0.25) is 0 Å². The van der Waals surface area contributed by atoms with Gasteiger partial charge in [-0.2, -0.15) is 0 Å². The number of aliphatic hydroxyl groups excluding tert-OH is 1. The van der Waals surface area contributed by atoms with Gasteiger partial charge in [-0.3, -0.25) is 4.79 Å². The molecule has 6 nitrogen and oxygen atoms in total. The number of β-amino-alcohol motifs (C(OH)–C–C–N with tert-alkyl or cyclic N) is 1. The molecule has 0 aliphatic carbocycles. The molecule has 1 aliphatic heterocycles. The van der Waals surface area contributed by atoms with Crippen LogP contribution in [0, 0.1) is 6.92 Å². The molecule has 0 saturated carbocycles. The Morgan fingerprint density at radius 3 is 3.09 bits per heavy atom. The third-order valence-corrected chi connectivity index (χ3v) is 6.05. The van der Waals surface area contributed by atoms with Crippen LogP contribution in [0.4, 0.5) is 0 Å². The van der Waals surface area contributed by atoms with Gasteiger partial charge in [-0.05, 0) is 26.3 Å². The minimum Gasteiger partial charge on any atom is -0.388 e. The topological polar surface area (TPSA) is 86.6 Å². The Morgan fingerprint density at radius 2 is 2.35 bits per heavy atom. The van der Waals surface area contributed by atoms with Crippen LogP contribution in [0.3, 0.4) is 0 Å². The molecule has 2 aromatic heterocycles. The molecular formula is C15H19N3O3S2. The van der Waals surface area contributed by atoms with E-state index in [2.05, 4.69) is 9.97 Å². The molecule has 0 bridgehead atoms. The molecule has 0 spiro atoms. The smallest absolute Gasteiger partial charge is 0.233 e. The standard InChI is InChI=1S/C15H19N3O3S2/c1-9-5-10-13(16-8-17-14(10)23-9)22-7-12(20)18-4-3-15(2,21)11(19)6-18/h5,8,11,19,21H,3-4,6-7H2,1-2H3/t11-,15-/m0/s1. The average Bonchev–Trinajstić information content (AvgIpc) is 2.88. The minimum absolute atomic E-state index is 0.0525. The molecule has 0 radical (unpaired) electrons. The maximum Gasteiger partial charge on any atom is 0.233 e. The Bertz CT molecular complexity index is 732. The number of fused-ring (bicyclic) bond motifs is 1. The van der Waals surface area contributed by atoms with Crippen molar-refractivity contribution in [3.63, 3.8) is 0 Å². The summed E-state index contributed by atoms with van der Waals surface area (Å²) in [5.74, 6) is 0.207. The van der Waals surface area contributed by atoms with Crippen molar-refractivity contribution in [2.45, 2.75) is 37.0 Å². The molecule has 2 aromatic rings. The highest BCUT2D eigenvalue weighted by Crippen LogP contribution is 2.30. The van der Waals surface area contributed by atoms with Crippen LogP contribution in [0.15, 0.2) is 17.4 Å². The Labute approximate surface area is 142 Å². The number of amides is 1. The van der Waals surface area contributed by atoms with E-state index in [1.54, 1.807) is 23.2 Å². The highest BCUT2D eigenvalue weighted by atomic mass is 32.2. The fraction of sp³-hybridized carbons (Fsp3) is 0.533. The summed E-state index contributed by atoms with van der Waals surface area (Å²) in [5.41, 5.74) is -1.11. The van der Waals surface area contributed by atoms with E-state index in [1.165, 1.54) is 18.1 Å². The third-order valence-electron chi connectivity index (χ3n) is 4.10. The summed E-state index contributed by atoms with van der Waals surface area (Å²) in [4.78, 5) is 24.6. The van der Waals surface area contributed by atoms with Crippen LogP contribution >= 0.6 is 23.1 Å². The first-order chi connectivity index (χ1) is 10.9. The van der Waals surface area contributed by atoms with Crippen molar-refractivity contribution in [1.29, 1.82) is 0 Å². The van der Waals surface area contributed by atoms with E-state index in [9.17, 15) is 15.0 Å². The van der Waals surface area contributed by atoms with Crippen LogP contribution in [-0.4, -0.2) is 61.5 Å². The number of aromatic nitrogens is 2. The minimum atomic E-state index is -1.11. The van der Waals surface area contributed by atoms with E-state index >= 15 is 0 Å². The fourth-order valence-electron chi connectivity index (χ4n) is 2.54. The predicted octanol–water partition coefficient (Wildman–Crippen LogP) is 1.44. The molecule has 3 heterocycles. The quantitative estimate of drug-likeness (QED) is 0.641. The van der Waals surface area contributed by atoms with E-state index in [-0.39, 0.29) is 18.2 Å². The monoisotopic (exact) mass is 353 g/mol. The number of carbonyl (C=O) groups is 1. The summed E-state index contributed by atoms with van der Waals surface area (Å²) in [5, 5.41) is 21.7. The highest BCUT2D eigenvalue weighted by Gasteiger charge is 2.37. The number of hydrogen-bond acceptors (Lipinski definition) is 7. The van der Waals surface area contributed by atoms with Gasteiger partial charge < -0.3 is 15.1 Å². The molecule has 3 rings (SSSR count). The van der Waals surface area contributed by atoms with Crippen molar-refractivity contribution in [3.8, 4) is 0 Å². The van der Waals surface area contributed by atoms with E-state index in [0.29, 0.717) is 13.0 Å². The second-order valence-corrected chi connectivity index (χ2v) is 8.20. The number of hydrogen-bond donors (Lipinski definition) is 2. The number of aliphatic hydroxyl groups is 2. The van der Waals surface area contributed by atoms with Crippen molar-refractivity contribution < 1.29 is 15.0 Å². The van der Waals surface area contributed by atoms with Gasteiger partial charge in [-0.15, -0.1) is 11.3 Å². The normalized spacial score (nSPS) is 25.0. The van der Waals surface area contributed by atoms with Crippen molar-refractivity contribution in [1.82, 2.24) is 14.9 Å². The van der Waals surface area contributed by atoms with Gasteiger partial charge in [-0.25, -0.2) is 9.97 Å². The van der Waals surface area contributed by atoms with E-state index in [0.717, 1.165) is 20.1 Å². The van der Waals surface area contributed by atoms with Gasteiger partial charge in [0.15, 0.2) is 0 Å². The largest absolute Gasteiger partial charge is 0.388 e. The Balaban J connectivity index is 1.65.